The van der Waals surface area contributed by atoms with Gasteiger partial charge in [-0.05, 0) is 24.3 Å². The summed E-state index contributed by atoms with van der Waals surface area (Å²) in [5, 5.41) is 3.39. The molecule has 0 saturated carbocycles. The van der Waals surface area contributed by atoms with Crippen molar-refractivity contribution < 1.29 is 9.59 Å². The van der Waals surface area contributed by atoms with Crippen molar-refractivity contribution in [3.05, 3.63) is 66.1 Å². The van der Waals surface area contributed by atoms with Gasteiger partial charge in [0, 0.05) is 43.4 Å². The molecule has 2 aromatic heterocycles. The Balaban J connectivity index is 1.81. The first-order valence-electron chi connectivity index (χ1n) is 9.01. The number of H-pyrrole nitrogens is 1. The molecular formula is C21H21N5O2. The minimum absolute atomic E-state index is 0.0567. The highest BCUT2D eigenvalue weighted by molar-refractivity contribution is 6.09. The number of carbonyl (C=O) groups excluding carboxylic acids is 2. The molecule has 0 spiro atoms. The van der Waals surface area contributed by atoms with Gasteiger partial charge >= 0.3 is 6.03 Å². The van der Waals surface area contributed by atoms with Crippen LogP contribution in [-0.4, -0.2) is 52.2 Å². The Hall–Kier alpha value is -3.61. The summed E-state index contributed by atoms with van der Waals surface area (Å²) in [5.74, 6) is -0.0913. The zero-order valence-corrected chi connectivity index (χ0v) is 15.8. The molecule has 0 unspecified atom stereocenters. The largest absolute Gasteiger partial charge is 0.355 e. The number of fused-ring (bicyclic) bond motifs is 1. The molecule has 3 aromatic rings. The Kier molecular flexibility index (Phi) is 4.57. The van der Waals surface area contributed by atoms with E-state index >= 15 is 0 Å². The minimum atomic E-state index is -0.184. The lowest BCUT2D eigenvalue weighted by molar-refractivity contribution is 0.0903. The molecule has 142 valence electrons. The molecule has 0 aliphatic carbocycles. The van der Waals surface area contributed by atoms with E-state index in [9.17, 15) is 9.59 Å². The maximum absolute atomic E-state index is 13.0. The van der Waals surface area contributed by atoms with Gasteiger partial charge in [0.25, 0.3) is 0 Å². The number of rotatable bonds is 3. The minimum Gasteiger partial charge on any atom is -0.355 e. The SMILES string of the molecule is CN(C)C(=O)N1CC(=O)c2c([nH]c(-c3ccncc3)c2Nc2ccccc2)C1. The summed E-state index contributed by atoms with van der Waals surface area (Å²) < 4.78 is 0. The molecule has 2 amide bonds. The van der Waals surface area contributed by atoms with Gasteiger partial charge in [-0.25, -0.2) is 4.79 Å². The van der Waals surface area contributed by atoms with Crippen LogP contribution in [-0.2, 0) is 6.54 Å². The lowest BCUT2D eigenvalue weighted by atomic mass is 10.0. The molecule has 7 heteroatoms. The molecule has 0 saturated heterocycles. The topological polar surface area (TPSA) is 81.3 Å². The van der Waals surface area contributed by atoms with Crippen molar-refractivity contribution in [3.8, 4) is 11.3 Å². The molecule has 1 aliphatic rings. The zero-order chi connectivity index (χ0) is 19.7. The van der Waals surface area contributed by atoms with Gasteiger partial charge in [-0.2, -0.15) is 0 Å². The number of amides is 2. The molecule has 28 heavy (non-hydrogen) atoms. The smallest absolute Gasteiger partial charge is 0.320 e. The number of para-hydroxylation sites is 1. The quantitative estimate of drug-likeness (QED) is 0.734. The number of pyridine rings is 1. The summed E-state index contributed by atoms with van der Waals surface area (Å²) >= 11 is 0. The number of hydrogen-bond acceptors (Lipinski definition) is 4. The highest BCUT2D eigenvalue weighted by Gasteiger charge is 2.33. The Bertz CT molecular complexity index is 1010. The van der Waals surface area contributed by atoms with Crippen molar-refractivity contribution in [1.29, 1.82) is 0 Å². The van der Waals surface area contributed by atoms with Crippen molar-refractivity contribution in [1.82, 2.24) is 19.8 Å². The van der Waals surface area contributed by atoms with E-state index in [2.05, 4.69) is 15.3 Å². The van der Waals surface area contributed by atoms with Crippen molar-refractivity contribution in [2.24, 2.45) is 0 Å². The number of Topliss-reactive ketones (excluding diaryl/α,β-unsaturated/α-hetero) is 1. The predicted molar refractivity (Wildman–Crippen MR) is 108 cm³/mol. The highest BCUT2D eigenvalue weighted by atomic mass is 16.2. The lowest BCUT2D eigenvalue weighted by Gasteiger charge is -2.28. The van der Waals surface area contributed by atoms with E-state index in [1.54, 1.807) is 31.4 Å². The zero-order valence-electron chi connectivity index (χ0n) is 15.8. The van der Waals surface area contributed by atoms with Gasteiger partial charge in [-0.3, -0.25) is 9.78 Å². The van der Waals surface area contributed by atoms with Crippen molar-refractivity contribution in [2.45, 2.75) is 6.54 Å². The molecular weight excluding hydrogens is 354 g/mol. The fourth-order valence-electron chi connectivity index (χ4n) is 3.42. The van der Waals surface area contributed by atoms with E-state index in [0.717, 1.165) is 28.3 Å². The maximum atomic E-state index is 13.0. The Morgan fingerprint density at radius 2 is 1.82 bits per heavy atom. The van der Waals surface area contributed by atoms with Gasteiger partial charge in [0.15, 0.2) is 5.78 Å². The van der Waals surface area contributed by atoms with Crippen LogP contribution in [0, 0.1) is 0 Å². The summed E-state index contributed by atoms with van der Waals surface area (Å²) in [4.78, 5) is 35.8. The average Bonchev–Trinajstić information content (AvgIpc) is 3.07. The van der Waals surface area contributed by atoms with E-state index in [0.29, 0.717) is 12.1 Å². The van der Waals surface area contributed by atoms with Crippen molar-refractivity contribution in [2.75, 3.05) is 26.0 Å². The van der Waals surface area contributed by atoms with Gasteiger partial charge in [0.1, 0.15) is 0 Å². The van der Waals surface area contributed by atoms with E-state index in [-0.39, 0.29) is 18.4 Å². The first-order valence-corrected chi connectivity index (χ1v) is 9.01. The standard InChI is InChI=1S/C21H21N5O2/c1-25(2)21(28)26-12-16-18(17(27)13-26)20(23-15-6-4-3-5-7-15)19(24-16)14-8-10-22-11-9-14/h3-11,23-24H,12-13H2,1-2H3. The number of nitrogens with zero attached hydrogens (tertiary/aromatic N) is 3. The molecule has 0 atom stereocenters. The molecule has 4 rings (SSSR count). The van der Waals surface area contributed by atoms with Crippen LogP contribution in [0.25, 0.3) is 11.3 Å². The van der Waals surface area contributed by atoms with Gasteiger partial charge in [0.2, 0.25) is 0 Å². The number of anilines is 2. The van der Waals surface area contributed by atoms with E-state index in [4.69, 9.17) is 0 Å². The third kappa shape index (κ3) is 3.22. The second-order valence-electron chi connectivity index (χ2n) is 6.91. The van der Waals surface area contributed by atoms with Crippen LogP contribution >= 0.6 is 0 Å². The van der Waals surface area contributed by atoms with Crippen LogP contribution in [0.2, 0.25) is 0 Å². The molecule has 7 nitrogen and oxygen atoms in total. The summed E-state index contributed by atoms with van der Waals surface area (Å²) in [5.41, 5.74) is 4.69. The number of carbonyl (C=O) groups is 2. The van der Waals surface area contributed by atoms with Crippen LogP contribution in [0.5, 0.6) is 0 Å². The van der Waals surface area contributed by atoms with E-state index in [1.807, 2.05) is 42.5 Å². The second kappa shape index (κ2) is 7.19. The number of aromatic amines is 1. The van der Waals surface area contributed by atoms with Crippen molar-refractivity contribution in [3.63, 3.8) is 0 Å². The van der Waals surface area contributed by atoms with Crippen LogP contribution in [0.15, 0.2) is 54.9 Å². The third-order valence-corrected chi connectivity index (χ3v) is 4.71. The fraction of sp³-hybridized carbons (Fsp3) is 0.190. The Labute approximate surface area is 163 Å². The lowest BCUT2D eigenvalue weighted by Crippen LogP contribution is -2.44. The summed E-state index contributed by atoms with van der Waals surface area (Å²) in [6, 6.07) is 13.3. The van der Waals surface area contributed by atoms with Gasteiger partial charge < -0.3 is 20.1 Å². The number of hydrogen-bond donors (Lipinski definition) is 2. The van der Waals surface area contributed by atoms with Crippen LogP contribution < -0.4 is 5.32 Å². The summed E-state index contributed by atoms with van der Waals surface area (Å²) in [6.45, 7) is 0.410. The number of aromatic nitrogens is 2. The third-order valence-electron chi connectivity index (χ3n) is 4.71. The summed E-state index contributed by atoms with van der Waals surface area (Å²) in [6.07, 6.45) is 3.43. The van der Waals surface area contributed by atoms with Crippen LogP contribution in [0.1, 0.15) is 16.1 Å². The average molecular weight is 375 g/mol. The van der Waals surface area contributed by atoms with Gasteiger partial charge in [-0.1, -0.05) is 18.2 Å². The summed E-state index contributed by atoms with van der Waals surface area (Å²) in [7, 11) is 3.36. The number of nitrogens with one attached hydrogen (secondary N) is 2. The van der Waals surface area contributed by atoms with E-state index in [1.165, 1.54) is 4.90 Å². The van der Waals surface area contributed by atoms with Gasteiger partial charge in [-0.15, -0.1) is 0 Å². The van der Waals surface area contributed by atoms with Gasteiger partial charge in [0.05, 0.1) is 30.0 Å². The predicted octanol–water partition coefficient (Wildman–Crippen LogP) is 3.50. The highest BCUT2D eigenvalue weighted by Crippen LogP contribution is 2.37. The molecule has 0 radical (unpaired) electrons. The van der Waals surface area contributed by atoms with E-state index < -0.39 is 0 Å². The fourth-order valence-corrected chi connectivity index (χ4v) is 3.42. The Morgan fingerprint density at radius 3 is 2.50 bits per heavy atom. The maximum Gasteiger partial charge on any atom is 0.320 e. The molecule has 3 heterocycles. The molecule has 0 fully saturated rings. The number of urea groups is 1. The number of benzene rings is 1. The molecule has 1 aliphatic heterocycles. The van der Waals surface area contributed by atoms with Crippen LogP contribution in [0.4, 0.5) is 16.2 Å². The van der Waals surface area contributed by atoms with Crippen LogP contribution in [0.3, 0.4) is 0 Å². The van der Waals surface area contributed by atoms with Crippen molar-refractivity contribution >= 4 is 23.2 Å². The first-order chi connectivity index (χ1) is 13.5. The molecule has 2 N–H and O–H groups in total. The molecule has 1 aromatic carbocycles. The second-order valence-corrected chi connectivity index (χ2v) is 6.91. The first kappa shape index (κ1) is 17.8. The monoisotopic (exact) mass is 375 g/mol. The molecule has 0 bridgehead atoms. The normalized spacial score (nSPS) is 13.2. The Morgan fingerprint density at radius 1 is 1.11 bits per heavy atom. The number of ketones is 1.